The van der Waals surface area contributed by atoms with Gasteiger partial charge in [0.05, 0.1) is 25.2 Å². The number of benzene rings is 1. The van der Waals surface area contributed by atoms with E-state index in [9.17, 15) is 4.79 Å². The number of pyridine rings is 1. The highest BCUT2D eigenvalue weighted by Gasteiger charge is 2.06. The third-order valence-electron chi connectivity index (χ3n) is 3.28. The number of hydrogen-bond acceptors (Lipinski definition) is 6. The van der Waals surface area contributed by atoms with Gasteiger partial charge < -0.3 is 14.8 Å². The van der Waals surface area contributed by atoms with Crippen LogP contribution in [0.1, 0.15) is 0 Å². The third-order valence-corrected chi connectivity index (χ3v) is 3.28. The van der Waals surface area contributed by atoms with Crippen LogP contribution < -0.4 is 14.8 Å². The van der Waals surface area contributed by atoms with Crippen LogP contribution in [0.2, 0.25) is 0 Å². The summed E-state index contributed by atoms with van der Waals surface area (Å²) in [6, 6.07) is 10.7. The highest BCUT2D eigenvalue weighted by molar-refractivity contribution is 5.91. The second-order valence-corrected chi connectivity index (χ2v) is 5.05. The number of carbonyl (C=O) groups excluding carboxylic acids is 1. The van der Waals surface area contributed by atoms with E-state index in [1.54, 1.807) is 56.2 Å². The van der Waals surface area contributed by atoms with Gasteiger partial charge in [-0.25, -0.2) is 9.97 Å². The summed E-state index contributed by atoms with van der Waals surface area (Å²) in [6.45, 7) is -0.114. The average molecular weight is 336 g/mol. The first kappa shape index (κ1) is 16.4. The molecule has 3 rings (SSSR count). The summed E-state index contributed by atoms with van der Waals surface area (Å²) < 4.78 is 10.5. The molecule has 0 radical (unpaired) electrons. The largest absolute Gasteiger partial charge is 0.497 e. The molecular weight excluding hydrogens is 320 g/mol. The summed E-state index contributed by atoms with van der Waals surface area (Å²) in [6.07, 6.45) is 6.44. The van der Waals surface area contributed by atoms with E-state index in [1.807, 2.05) is 12.1 Å². The van der Waals surface area contributed by atoms with Gasteiger partial charge in [-0.1, -0.05) is 0 Å². The lowest BCUT2D eigenvalue weighted by Gasteiger charge is -2.08. The predicted molar refractivity (Wildman–Crippen MR) is 92.4 cm³/mol. The molecule has 3 aromatic rings. The van der Waals surface area contributed by atoms with Crippen LogP contribution in [-0.4, -0.2) is 34.6 Å². The molecule has 7 heteroatoms. The van der Waals surface area contributed by atoms with Gasteiger partial charge in [-0.15, -0.1) is 0 Å². The Labute approximate surface area is 144 Å². The number of ether oxygens (including phenoxy) is 2. The number of hydrogen-bond donors (Lipinski definition) is 1. The Balaban J connectivity index is 1.54. The monoisotopic (exact) mass is 336 g/mol. The molecule has 126 valence electrons. The van der Waals surface area contributed by atoms with E-state index in [0.717, 1.165) is 11.3 Å². The zero-order valence-electron chi connectivity index (χ0n) is 13.5. The lowest BCUT2D eigenvalue weighted by atomic mass is 10.3. The number of nitrogens with zero attached hydrogens (tertiary/aromatic N) is 3. The molecule has 1 amide bonds. The van der Waals surface area contributed by atoms with Crippen molar-refractivity contribution in [2.45, 2.75) is 0 Å². The van der Waals surface area contributed by atoms with Crippen molar-refractivity contribution in [3.63, 3.8) is 0 Å². The number of aromatic nitrogens is 3. The smallest absolute Gasteiger partial charge is 0.262 e. The van der Waals surface area contributed by atoms with Gasteiger partial charge in [0.1, 0.15) is 11.5 Å². The Morgan fingerprint density at radius 3 is 2.40 bits per heavy atom. The average Bonchev–Trinajstić information content (AvgIpc) is 2.68. The number of amides is 1. The highest BCUT2D eigenvalue weighted by atomic mass is 16.5. The Morgan fingerprint density at radius 1 is 1.04 bits per heavy atom. The summed E-state index contributed by atoms with van der Waals surface area (Å²) in [5.41, 5.74) is 1.30. The Hall–Kier alpha value is -3.48. The van der Waals surface area contributed by atoms with Crippen molar-refractivity contribution in [3.05, 3.63) is 61.2 Å². The molecule has 1 N–H and O–H groups in total. The minimum atomic E-state index is -0.298. The molecule has 0 aliphatic heterocycles. The molecule has 0 aliphatic carbocycles. The van der Waals surface area contributed by atoms with E-state index >= 15 is 0 Å². The quantitative estimate of drug-likeness (QED) is 0.744. The van der Waals surface area contributed by atoms with E-state index < -0.39 is 0 Å². The van der Waals surface area contributed by atoms with Gasteiger partial charge in [-0.05, 0) is 36.4 Å². The maximum atomic E-state index is 11.9. The lowest BCUT2D eigenvalue weighted by Crippen LogP contribution is -2.20. The van der Waals surface area contributed by atoms with Crippen LogP contribution >= 0.6 is 0 Å². The zero-order chi connectivity index (χ0) is 17.5. The summed E-state index contributed by atoms with van der Waals surface area (Å²) in [5, 5.41) is 2.68. The molecule has 0 aliphatic rings. The van der Waals surface area contributed by atoms with E-state index in [0.29, 0.717) is 17.3 Å². The second kappa shape index (κ2) is 7.87. The topological polar surface area (TPSA) is 86.2 Å². The first-order valence-electron chi connectivity index (χ1n) is 7.54. The Morgan fingerprint density at radius 2 is 1.76 bits per heavy atom. The van der Waals surface area contributed by atoms with Crippen molar-refractivity contribution >= 4 is 11.6 Å². The minimum absolute atomic E-state index is 0.114. The maximum absolute atomic E-state index is 11.9. The highest BCUT2D eigenvalue weighted by Crippen LogP contribution is 2.17. The Kier molecular flexibility index (Phi) is 5.16. The van der Waals surface area contributed by atoms with Crippen LogP contribution in [0.5, 0.6) is 11.5 Å². The molecule has 2 aromatic heterocycles. The lowest BCUT2D eigenvalue weighted by molar-refractivity contribution is -0.118. The van der Waals surface area contributed by atoms with E-state index in [2.05, 4.69) is 20.3 Å². The summed E-state index contributed by atoms with van der Waals surface area (Å²) >= 11 is 0. The summed E-state index contributed by atoms with van der Waals surface area (Å²) in [4.78, 5) is 24.4. The zero-order valence-corrected chi connectivity index (χ0v) is 13.5. The van der Waals surface area contributed by atoms with Crippen LogP contribution in [0.4, 0.5) is 5.69 Å². The minimum Gasteiger partial charge on any atom is -0.497 e. The molecule has 0 fully saturated rings. The number of rotatable bonds is 6. The molecule has 0 bridgehead atoms. The standard InChI is InChI=1S/C18H16N4O3/c1-24-15-4-6-16(7-5-15)25-12-17(23)22-14-10-20-18(21-11-14)13-3-2-8-19-9-13/h2-11H,12H2,1H3,(H,22,23). The molecular formula is C18H16N4O3. The molecule has 0 atom stereocenters. The molecule has 7 nitrogen and oxygen atoms in total. The molecule has 0 saturated heterocycles. The van der Waals surface area contributed by atoms with Gasteiger partial charge in [0.25, 0.3) is 5.91 Å². The van der Waals surface area contributed by atoms with Gasteiger partial charge in [0.15, 0.2) is 12.4 Å². The molecule has 2 heterocycles. The molecule has 25 heavy (non-hydrogen) atoms. The van der Waals surface area contributed by atoms with E-state index in [1.165, 1.54) is 0 Å². The van der Waals surface area contributed by atoms with Crippen LogP contribution in [0.15, 0.2) is 61.2 Å². The van der Waals surface area contributed by atoms with Gasteiger partial charge in [-0.3, -0.25) is 9.78 Å². The number of nitrogens with one attached hydrogen (secondary N) is 1. The van der Waals surface area contributed by atoms with Crippen molar-refractivity contribution in [1.82, 2.24) is 15.0 Å². The van der Waals surface area contributed by atoms with Crippen molar-refractivity contribution in [2.75, 3.05) is 19.0 Å². The second-order valence-electron chi connectivity index (χ2n) is 5.05. The first-order valence-corrected chi connectivity index (χ1v) is 7.54. The van der Waals surface area contributed by atoms with Crippen molar-refractivity contribution in [1.29, 1.82) is 0 Å². The number of carbonyl (C=O) groups is 1. The van der Waals surface area contributed by atoms with E-state index in [-0.39, 0.29) is 12.5 Å². The number of methoxy groups -OCH3 is 1. The molecule has 1 aromatic carbocycles. The van der Waals surface area contributed by atoms with Crippen molar-refractivity contribution in [3.8, 4) is 22.9 Å². The Bertz CT molecular complexity index is 821. The summed E-state index contributed by atoms with van der Waals surface area (Å²) in [7, 11) is 1.59. The molecule has 0 unspecified atom stereocenters. The van der Waals surface area contributed by atoms with Crippen LogP contribution in [0.25, 0.3) is 11.4 Å². The van der Waals surface area contributed by atoms with Crippen LogP contribution in [0, 0.1) is 0 Å². The van der Waals surface area contributed by atoms with Gasteiger partial charge >= 0.3 is 0 Å². The van der Waals surface area contributed by atoms with E-state index in [4.69, 9.17) is 9.47 Å². The fraction of sp³-hybridized carbons (Fsp3) is 0.111. The third kappa shape index (κ3) is 4.51. The van der Waals surface area contributed by atoms with Gasteiger partial charge in [-0.2, -0.15) is 0 Å². The number of anilines is 1. The maximum Gasteiger partial charge on any atom is 0.262 e. The van der Waals surface area contributed by atoms with Gasteiger partial charge in [0, 0.05) is 18.0 Å². The van der Waals surface area contributed by atoms with Crippen LogP contribution in [0.3, 0.4) is 0 Å². The molecule has 0 saturated carbocycles. The summed E-state index contributed by atoms with van der Waals surface area (Å²) in [5.74, 6) is 1.55. The first-order chi connectivity index (χ1) is 12.2. The fourth-order valence-corrected chi connectivity index (χ4v) is 2.05. The normalized spacial score (nSPS) is 10.1. The van der Waals surface area contributed by atoms with Crippen LogP contribution in [-0.2, 0) is 4.79 Å². The molecule has 0 spiro atoms. The van der Waals surface area contributed by atoms with Gasteiger partial charge in [0.2, 0.25) is 0 Å². The van der Waals surface area contributed by atoms with Crippen molar-refractivity contribution in [2.24, 2.45) is 0 Å². The SMILES string of the molecule is COc1ccc(OCC(=O)Nc2cnc(-c3cccnc3)nc2)cc1. The fourth-order valence-electron chi connectivity index (χ4n) is 2.05. The predicted octanol–water partition coefficient (Wildman–Crippen LogP) is 2.56. The van der Waals surface area contributed by atoms with Crippen molar-refractivity contribution < 1.29 is 14.3 Å².